The number of carbonyl (C=O) groups is 1. The molecule has 27 heavy (non-hydrogen) atoms. The second-order valence-electron chi connectivity index (χ2n) is 6.37. The maximum Gasteiger partial charge on any atom is 0.288 e. The minimum Gasteiger partial charge on any atom is -0.350 e. The summed E-state index contributed by atoms with van der Waals surface area (Å²) in [5.41, 5.74) is 1.85. The van der Waals surface area contributed by atoms with E-state index >= 15 is 0 Å². The van der Waals surface area contributed by atoms with Crippen LogP contribution in [0.1, 0.15) is 18.5 Å². The molecule has 0 aliphatic carbocycles. The van der Waals surface area contributed by atoms with Gasteiger partial charge in [0.2, 0.25) is 5.91 Å². The molecule has 0 unspecified atom stereocenters. The molecule has 136 valence electrons. The van der Waals surface area contributed by atoms with Gasteiger partial charge in [0, 0.05) is 22.3 Å². The van der Waals surface area contributed by atoms with Gasteiger partial charge in [0.05, 0.1) is 11.7 Å². The van der Waals surface area contributed by atoms with Gasteiger partial charge in [-0.15, -0.1) is 0 Å². The third-order valence-corrected chi connectivity index (χ3v) is 4.88. The Morgan fingerprint density at radius 3 is 2.85 bits per heavy atom. The maximum atomic E-state index is 12.8. The van der Waals surface area contributed by atoms with Crippen molar-refractivity contribution in [3.8, 4) is 0 Å². The Hall–Kier alpha value is -3.12. The molecule has 6 nitrogen and oxygen atoms in total. The molecule has 0 saturated heterocycles. The SMILES string of the molecule is C[C@@H](C(=O)NCc1cccc(Cl)c1)n1c2ccccc2c2cn[nH]c(=O)c21. The van der Waals surface area contributed by atoms with Crippen molar-refractivity contribution in [3.63, 3.8) is 0 Å². The highest BCUT2D eigenvalue weighted by Gasteiger charge is 2.22. The highest BCUT2D eigenvalue weighted by Crippen LogP contribution is 2.29. The molecule has 0 bridgehead atoms. The van der Waals surface area contributed by atoms with Gasteiger partial charge in [0.25, 0.3) is 5.56 Å². The number of nitrogens with zero attached hydrogens (tertiary/aromatic N) is 2. The van der Waals surface area contributed by atoms with Gasteiger partial charge in [0.15, 0.2) is 0 Å². The topological polar surface area (TPSA) is 79.8 Å². The van der Waals surface area contributed by atoms with Gasteiger partial charge in [0.1, 0.15) is 11.6 Å². The Morgan fingerprint density at radius 1 is 1.22 bits per heavy atom. The third kappa shape index (κ3) is 3.08. The standard InChI is InChI=1S/C20H17ClN4O2/c1-12(19(26)22-10-13-5-4-6-14(21)9-13)25-17-8-3-2-7-15(17)16-11-23-24-20(27)18(16)25/h2-9,11-12H,10H2,1H3,(H,22,26)(H,24,27)/t12-/m0/s1. The Bertz CT molecular complexity index is 1210. The number of hydrogen-bond acceptors (Lipinski definition) is 3. The van der Waals surface area contributed by atoms with E-state index < -0.39 is 6.04 Å². The van der Waals surface area contributed by atoms with Crippen LogP contribution < -0.4 is 10.9 Å². The molecule has 2 N–H and O–H groups in total. The summed E-state index contributed by atoms with van der Waals surface area (Å²) in [6.07, 6.45) is 1.62. The zero-order valence-electron chi connectivity index (χ0n) is 14.6. The number of nitrogens with one attached hydrogen (secondary N) is 2. The lowest BCUT2D eigenvalue weighted by atomic mass is 10.2. The van der Waals surface area contributed by atoms with Crippen molar-refractivity contribution < 1.29 is 4.79 Å². The second-order valence-corrected chi connectivity index (χ2v) is 6.81. The minimum absolute atomic E-state index is 0.186. The maximum absolute atomic E-state index is 12.8. The van der Waals surface area contributed by atoms with Gasteiger partial charge in [-0.3, -0.25) is 9.59 Å². The summed E-state index contributed by atoms with van der Waals surface area (Å²) in [6, 6.07) is 14.4. The first-order valence-electron chi connectivity index (χ1n) is 8.54. The minimum atomic E-state index is -0.574. The lowest BCUT2D eigenvalue weighted by Crippen LogP contribution is -2.31. The van der Waals surface area contributed by atoms with Gasteiger partial charge in [-0.25, -0.2) is 5.10 Å². The molecule has 0 radical (unpaired) electrons. The number of halogens is 1. The van der Waals surface area contributed by atoms with Gasteiger partial charge in [-0.05, 0) is 30.7 Å². The van der Waals surface area contributed by atoms with E-state index in [4.69, 9.17) is 11.6 Å². The molecule has 2 aromatic carbocycles. The predicted octanol–water partition coefficient (Wildman–Crippen LogP) is 3.41. The molecule has 0 aliphatic heterocycles. The molecule has 0 fully saturated rings. The Labute approximate surface area is 159 Å². The van der Waals surface area contributed by atoms with Crippen molar-refractivity contribution in [1.82, 2.24) is 20.1 Å². The number of amides is 1. The third-order valence-electron chi connectivity index (χ3n) is 4.65. The number of para-hydroxylation sites is 1. The molecule has 7 heteroatoms. The number of benzene rings is 2. The Morgan fingerprint density at radius 2 is 2.04 bits per heavy atom. The summed E-state index contributed by atoms with van der Waals surface area (Å²) < 4.78 is 1.76. The smallest absolute Gasteiger partial charge is 0.288 e. The van der Waals surface area contributed by atoms with Crippen LogP contribution in [0.2, 0.25) is 5.02 Å². The number of fused-ring (bicyclic) bond motifs is 3. The van der Waals surface area contributed by atoms with Crippen molar-refractivity contribution in [2.24, 2.45) is 0 Å². The van der Waals surface area contributed by atoms with Crippen molar-refractivity contribution in [3.05, 3.63) is 75.7 Å². The molecule has 0 saturated carbocycles. The summed E-state index contributed by atoms with van der Waals surface area (Å²) in [5, 5.41) is 11.5. The van der Waals surface area contributed by atoms with E-state index in [9.17, 15) is 9.59 Å². The van der Waals surface area contributed by atoms with Crippen LogP contribution in [-0.4, -0.2) is 20.7 Å². The molecule has 4 rings (SSSR count). The molecular formula is C20H17ClN4O2. The van der Waals surface area contributed by atoms with Crippen LogP contribution in [0.25, 0.3) is 21.8 Å². The average molecular weight is 381 g/mol. The molecule has 1 atom stereocenters. The number of hydrogen-bond donors (Lipinski definition) is 2. The molecular weight excluding hydrogens is 364 g/mol. The summed E-state index contributed by atoms with van der Waals surface area (Å²) in [7, 11) is 0. The lowest BCUT2D eigenvalue weighted by Gasteiger charge is -2.16. The molecule has 4 aromatic rings. The van der Waals surface area contributed by atoms with Crippen LogP contribution in [0.3, 0.4) is 0 Å². The number of rotatable bonds is 4. The zero-order valence-corrected chi connectivity index (χ0v) is 15.3. The first-order chi connectivity index (χ1) is 13.1. The Balaban J connectivity index is 1.72. The number of H-pyrrole nitrogens is 1. The number of carbonyl (C=O) groups excluding carboxylic acids is 1. The summed E-state index contributed by atoms with van der Waals surface area (Å²) >= 11 is 5.99. The fourth-order valence-electron chi connectivity index (χ4n) is 3.36. The fraction of sp³-hybridized carbons (Fsp3) is 0.150. The van der Waals surface area contributed by atoms with E-state index in [-0.39, 0.29) is 11.5 Å². The van der Waals surface area contributed by atoms with E-state index in [1.807, 2.05) is 42.5 Å². The van der Waals surface area contributed by atoms with E-state index in [1.54, 1.807) is 23.8 Å². The Kier molecular flexibility index (Phi) is 4.41. The normalized spacial score (nSPS) is 12.4. The van der Waals surface area contributed by atoms with Crippen molar-refractivity contribution in [1.29, 1.82) is 0 Å². The molecule has 2 aromatic heterocycles. The summed E-state index contributed by atoms with van der Waals surface area (Å²) in [4.78, 5) is 25.2. The van der Waals surface area contributed by atoms with Crippen LogP contribution in [-0.2, 0) is 11.3 Å². The number of aromatic amines is 1. The van der Waals surface area contributed by atoms with Gasteiger partial charge in [-0.2, -0.15) is 5.10 Å². The fourth-order valence-corrected chi connectivity index (χ4v) is 3.58. The first-order valence-corrected chi connectivity index (χ1v) is 8.92. The molecule has 2 heterocycles. The monoisotopic (exact) mass is 380 g/mol. The van der Waals surface area contributed by atoms with Gasteiger partial charge < -0.3 is 9.88 Å². The largest absolute Gasteiger partial charge is 0.350 e. The summed E-state index contributed by atoms with van der Waals surface area (Å²) in [6.45, 7) is 2.14. The van der Waals surface area contributed by atoms with Crippen molar-refractivity contribution in [2.45, 2.75) is 19.5 Å². The highest BCUT2D eigenvalue weighted by atomic mass is 35.5. The van der Waals surface area contributed by atoms with Crippen LogP contribution in [0, 0.1) is 0 Å². The quantitative estimate of drug-likeness (QED) is 0.569. The molecule has 0 spiro atoms. The lowest BCUT2D eigenvalue weighted by molar-refractivity contribution is -0.123. The van der Waals surface area contributed by atoms with E-state index in [0.29, 0.717) is 17.1 Å². The van der Waals surface area contributed by atoms with Crippen molar-refractivity contribution in [2.75, 3.05) is 0 Å². The first kappa shape index (κ1) is 17.3. The molecule has 1 amide bonds. The highest BCUT2D eigenvalue weighted by molar-refractivity contribution is 6.30. The zero-order chi connectivity index (χ0) is 19.0. The van der Waals surface area contributed by atoms with E-state index in [2.05, 4.69) is 15.5 Å². The number of aromatic nitrogens is 3. The van der Waals surface area contributed by atoms with Crippen LogP contribution in [0.15, 0.2) is 59.5 Å². The van der Waals surface area contributed by atoms with Crippen molar-refractivity contribution >= 4 is 39.3 Å². The summed E-state index contributed by atoms with van der Waals surface area (Å²) in [5.74, 6) is -0.186. The van der Waals surface area contributed by atoms with Gasteiger partial charge in [-0.1, -0.05) is 41.9 Å². The van der Waals surface area contributed by atoms with Gasteiger partial charge >= 0.3 is 0 Å². The van der Waals surface area contributed by atoms with Crippen LogP contribution in [0.5, 0.6) is 0 Å². The predicted molar refractivity (Wildman–Crippen MR) is 106 cm³/mol. The second kappa shape index (κ2) is 6.89. The average Bonchev–Trinajstić information content (AvgIpc) is 3.01. The molecule has 0 aliphatic rings. The van der Waals surface area contributed by atoms with E-state index in [1.165, 1.54) is 0 Å². The van der Waals surface area contributed by atoms with E-state index in [0.717, 1.165) is 21.9 Å². The van der Waals surface area contributed by atoms with Crippen LogP contribution in [0.4, 0.5) is 0 Å². The van der Waals surface area contributed by atoms with Crippen LogP contribution >= 0.6 is 11.6 Å².